The Morgan fingerprint density at radius 1 is 1.29 bits per heavy atom. The fourth-order valence-corrected chi connectivity index (χ4v) is 2.37. The van der Waals surface area contributed by atoms with Crippen LogP contribution in [-0.4, -0.2) is 11.8 Å². The lowest BCUT2D eigenvalue weighted by molar-refractivity contribution is -0.136. The third kappa shape index (κ3) is 2.99. The molecular formula is C12H11Cl2NO2. The number of benzene rings is 1. The number of carbonyl (C=O) groups is 2. The molecule has 0 aliphatic carbocycles. The van der Waals surface area contributed by atoms with E-state index in [1.54, 1.807) is 12.1 Å². The Balaban J connectivity index is 2.10. The normalized spacial score (nSPS) is 20.2. The van der Waals surface area contributed by atoms with E-state index in [-0.39, 0.29) is 17.7 Å². The standard InChI is InChI=1S/C12H11Cl2NO2/c13-9-3-1-7(10(14)6-9)5-8-2-4-11(16)15-12(8)17/h1,3,6,8H,2,4-5H2,(H,15,16,17)/t8-/m0/s1. The first-order chi connectivity index (χ1) is 8.06. The molecule has 2 rings (SSSR count). The number of imide groups is 1. The van der Waals surface area contributed by atoms with E-state index in [4.69, 9.17) is 23.2 Å². The molecular weight excluding hydrogens is 261 g/mol. The molecule has 1 aliphatic rings. The highest BCUT2D eigenvalue weighted by Gasteiger charge is 2.27. The van der Waals surface area contributed by atoms with Gasteiger partial charge in [-0.15, -0.1) is 0 Å². The summed E-state index contributed by atoms with van der Waals surface area (Å²) in [7, 11) is 0. The summed E-state index contributed by atoms with van der Waals surface area (Å²) in [4.78, 5) is 22.6. The minimum Gasteiger partial charge on any atom is -0.296 e. The van der Waals surface area contributed by atoms with Crippen LogP contribution in [0.1, 0.15) is 18.4 Å². The van der Waals surface area contributed by atoms with Crippen molar-refractivity contribution < 1.29 is 9.59 Å². The molecule has 0 aromatic heterocycles. The van der Waals surface area contributed by atoms with Crippen LogP contribution in [0.25, 0.3) is 0 Å². The molecule has 3 nitrogen and oxygen atoms in total. The van der Waals surface area contributed by atoms with Crippen LogP contribution in [0.4, 0.5) is 0 Å². The molecule has 0 bridgehead atoms. The van der Waals surface area contributed by atoms with Gasteiger partial charge in [-0.25, -0.2) is 0 Å². The Bertz CT molecular complexity index is 474. The van der Waals surface area contributed by atoms with Gasteiger partial charge in [-0.2, -0.15) is 0 Å². The first-order valence-corrected chi connectivity index (χ1v) is 6.09. The van der Waals surface area contributed by atoms with Crippen molar-refractivity contribution in [1.82, 2.24) is 5.32 Å². The van der Waals surface area contributed by atoms with Crippen LogP contribution in [-0.2, 0) is 16.0 Å². The van der Waals surface area contributed by atoms with E-state index < -0.39 is 0 Å². The van der Waals surface area contributed by atoms with Crippen molar-refractivity contribution in [3.05, 3.63) is 33.8 Å². The van der Waals surface area contributed by atoms with Crippen LogP contribution in [0.5, 0.6) is 0 Å². The zero-order chi connectivity index (χ0) is 12.4. The number of hydrogen-bond acceptors (Lipinski definition) is 2. The minimum atomic E-state index is -0.215. The van der Waals surface area contributed by atoms with Crippen molar-refractivity contribution in [2.24, 2.45) is 5.92 Å². The second kappa shape index (κ2) is 5.07. The Labute approximate surface area is 109 Å². The van der Waals surface area contributed by atoms with Crippen molar-refractivity contribution in [3.8, 4) is 0 Å². The number of amides is 2. The molecule has 1 N–H and O–H groups in total. The first kappa shape index (κ1) is 12.4. The molecule has 1 aliphatic heterocycles. The van der Waals surface area contributed by atoms with Gasteiger partial charge in [0.05, 0.1) is 0 Å². The average Bonchev–Trinajstić information content (AvgIpc) is 2.25. The maximum atomic E-state index is 11.6. The second-order valence-electron chi connectivity index (χ2n) is 4.09. The maximum Gasteiger partial charge on any atom is 0.230 e. The molecule has 2 amide bonds. The maximum absolute atomic E-state index is 11.6. The Hall–Kier alpha value is -1.06. The lowest BCUT2D eigenvalue weighted by atomic mass is 9.91. The van der Waals surface area contributed by atoms with Gasteiger partial charge in [0.25, 0.3) is 0 Å². The number of piperidine rings is 1. The molecule has 1 atom stereocenters. The van der Waals surface area contributed by atoms with Crippen LogP contribution < -0.4 is 5.32 Å². The van der Waals surface area contributed by atoms with Gasteiger partial charge in [-0.1, -0.05) is 29.3 Å². The number of nitrogens with one attached hydrogen (secondary N) is 1. The van der Waals surface area contributed by atoms with Crippen molar-refractivity contribution in [2.45, 2.75) is 19.3 Å². The van der Waals surface area contributed by atoms with Crippen molar-refractivity contribution in [1.29, 1.82) is 0 Å². The molecule has 1 aromatic carbocycles. The summed E-state index contributed by atoms with van der Waals surface area (Å²) < 4.78 is 0. The van der Waals surface area contributed by atoms with Gasteiger partial charge >= 0.3 is 0 Å². The molecule has 1 heterocycles. The molecule has 1 aromatic rings. The number of carbonyl (C=O) groups excluding carboxylic acids is 2. The number of rotatable bonds is 2. The van der Waals surface area contributed by atoms with Crippen molar-refractivity contribution >= 4 is 35.0 Å². The summed E-state index contributed by atoms with van der Waals surface area (Å²) in [6.07, 6.45) is 1.50. The van der Waals surface area contributed by atoms with Gasteiger partial charge in [0.15, 0.2) is 0 Å². The summed E-state index contributed by atoms with van der Waals surface area (Å²) in [5, 5.41) is 3.46. The minimum absolute atomic E-state index is 0.189. The second-order valence-corrected chi connectivity index (χ2v) is 4.93. The first-order valence-electron chi connectivity index (χ1n) is 5.34. The Morgan fingerprint density at radius 3 is 2.71 bits per heavy atom. The highest BCUT2D eigenvalue weighted by molar-refractivity contribution is 6.35. The van der Waals surface area contributed by atoms with E-state index in [1.807, 2.05) is 6.07 Å². The molecule has 17 heavy (non-hydrogen) atoms. The summed E-state index contributed by atoms with van der Waals surface area (Å²) in [6.45, 7) is 0. The van der Waals surface area contributed by atoms with E-state index in [0.717, 1.165) is 5.56 Å². The Morgan fingerprint density at radius 2 is 2.06 bits per heavy atom. The smallest absolute Gasteiger partial charge is 0.230 e. The van der Waals surface area contributed by atoms with Crippen LogP contribution in [0.3, 0.4) is 0 Å². The zero-order valence-corrected chi connectivity index (χ0v) is 10.5. The van der Waals surface area contributed by atoms with Gasteiger partial charge in [0.2, 0.25) is 11.8 Å². The molecule has 90 valence electrons. The summed E-state index contributed by atoms with van der Waals surface area (Å²) >= 11 is 11.8. The Kier molecular flexibility index (Phi) is 3.69. The highest BCUT2D eigenvalue weighted by Crippen LogP contribution is 2.25. The SMILES string of the molecule is O=C1CC[C@@H](Cc2ccc(Cl)cc2Cl)C(=O)N1. The monoisotopic (exact) mass is 271 g/mol. The zero-order valence-electron chi connectivity index (χ0n) is 9.00. The predicted octanol–water partition coefficient (Wildman–Crippen LogP) is 2.59. The van der Waals surface area contributed by atoms with Gasteiger partial charge in [-0.05, 0) is 30.5 Å². The van der Waals surface area contributed by atoms with Gasteiger partial charge in [-0.3, -0.25) is 14.9 Å². The fraction of sp³-hybridized carbons (Fsp3) is 0.333. The third-order valence-electron chi connectivity index (χ3n) is 2.83. The summed E-state index contributed by atoms with van der Waals surface area (Å²) in [5.41, 5.74) is 0.880. The molecule has 1 saturated heterocycles. The average molecular weight is 272 g/mol. The van der Waals surface area contributed by atoms with E-state index in [2.05, 4.69) is 5.32 Å². The summed E-state index contributed by atoms with van der Waals surface area (Å²) in [6, 6.07) is 5.22. The predicted molar refractivity (Wildman–Crippen MR) is 66.0 cm³/mol. The molecule has 0 spiro atoms. The van der Waals surface area contributed by atoms with Gasteiger partial charge in [0.1, 0.15) is 0 Å². The topological polar surface area (TPSA) is 46.2 Å². The van der Waals surface area contributed by atoms with Crippen LogP contribution in [0.2, 0.25) is 10.0 Å². The number of hydrogen-bond donors (Lipinski definition) is 1. The molecule has 0 saturated carbocycles. The van der Waals surface area contributed by atoms with Gasteiger partial charge < -0.3 is 0 Å². The quantitative estimate of drug-likeness (QED) is 0.841. The van der Waals surface area contributed by atoms with Crippen LogP contribution >= 0.6 is 23.2 Å². The molecule has 0 unspecified atom stereocenters. The van der Waals surface area contributed by atoms with E-state index in [1.165, 1.54) is 0 Å². The van der Waals surface area contributed by atoms with E-state index in [9.17, 15) is 9.59 Å². The largest absolute Gasteiger partial charge is 0.296 e. The van der Waals surface area contributed by atoms with Crippen molar-refractivity contribution in [3.63, 3.8) is 0 Å². The van der Waals surface area contributed by atoms with E-state index in [0.29, 0.717) is 29.3 Å². The lowest BCUT2D eigenvalue weighted by Crippen LogP contribution is -2.41. The summed E-state index contributed by atoms with van der Waals surface area (Å²) in [5.74, 6) is -0.605. The van der Waals surface area contributed by atoms with E-state index >= 15 is 0 Å². The number of halogens is 2. The lowest BCUT2D eigenvalue weighted by Gasteiger charge is -2.21. The highest BCUT2D eigenvalue weighted by atomic mass is 35.5. The van der Waals surface area contributed by atoms with Crippen LogP contribution in [0.15, 0.2) is 18.2 Å². The van der Waals surface area contributed by atoms with Crippen molar-refractivity contribution in [2.75, 3.05) is 0 Å². The molecule has 1 fully saturated rings. The van der Waals surface area contributed by atoms with Gasteiger partial charge in [0, 0.05) is 22.4 Å². The van der Waals surface area contributed by atoms with Crippen LogP contribution in [0, 0.1) is 5.92 Å². The third-order valence-corrected chi connectivity index (χ3v) is 3.42. The fourth-order valence-electron chi connectivity index (χ4n) is 1.89. The molecule has 0 radical (unpaired) electrons. The molecule has 5 heteroatoms.